The van der Waals surface area contributed by atoms with E-state index in [1.807, 2.05) is 32.9 Å². The minimum atomic E-state index is -3.36. The minimum absolute atomic E-state index is 0.391. The molecule has 1 aromatic rings. The van der Waals surface area contributed by atoms with Gasteiger partial charge >= 0.3 is 0 Å². The van der Waals surface area contributed by atoms with E-state index >= 15 is 0 Å². The average molecular weight is 320 g/mol. The van der Waals surface area contributed by atoms with Crippen LogP contribution in [0.2, 0.25) is 0 Å². The van der Waals surface area contributed by atoms with Crippen molar-refractivity contribution in [3.8, 4) is 0 Å². The Morgan fingerprint density at radius 2 is 1.94 bits per heavy atom. The van der Waals surface area contributed by atoms with Gasteiger partial charge in [0, 0.05) is 17.6 Å². The molecule has 0 aliphatic carbocycles. The van der Waals surface area contributed by atoms with Crippen molar-refractivity contribution in [1.82, 2.24) is 4.31 Å². The first-order valence-corrected chi connectivity index (χ1v) is 7.93. The first-order valence-electron chi connectivity index (χ1n) is 5.69. The van der Waals surface area contributed by atoms with E-state index in [0.717, 1.165) is 16.5 Å². The van der Waals surface area contributed by atoms with E-state index in [1.54, 1.807) is 6.07 Å². The third-order valence-electron chi connectivity index (χ3n) is 2.59. The first-order chi connectivity index (χ1) is 7.93. The van der Waals surface area contributed by atoms with Crippen LogP contribution in [0.3, 0.4) is 0 Å². The summed E-state index contributed by atoms with van der Waals surface area (Å²) in [4.78, 5) is 0.391. The second-order valence-corrected chi connectivity index (χ2v) is 6.73. The zero-order valence-electron chi connectivity index (χ0n) is 10.4. The standard InChI is InChI=1S/C12H18BrNO2S/c1-4-8-14(5-2)17(15,16)12-9-11(13)7-6-10(12)3/h6-7,9H,4-5,8H2,1-3H3. The summed E-state index contributed by atoms with van der Waals surface area (Å²) in [7, 11) is -3.36. The number of sulfonamides is 1. The van der Waals surface area contributed by atoms with Gasteiger partial charge in [-0.2, -0.15) is 4.31 Å². The van der Waals surface area contributed by atoms with Crippen LogP contribution in [0, 0.1) is 6.92 Å². The van der Waals surface area contributed by atoms with Gasteiger partial charge < -0.3 is 0 Å². The van der Waals surface area contributed by atoms with Crippen molar-refractivity contribution in [2.24, 2.45) is 0 Å². The SMILES string of the molecule is CCCN(CC)S(=O)(=O)c1cc(Br)ccc1C. The molecule has 0 saturated carbocycles. The smallest absolute Gasteiger partial charge is 0.207 e. The van der Waals surface area contributed by atoms with Gasteiger partial charge in [0.05, 0.1) is 4.90 Å². The van der Waals surface area contributed by atoms with E-state index in [1.165, 1.54) is 4.31 Å². The summed E-state index contributed by atoms with van der Waals surface area (Å²) >= 11 is 3.32. The molecule has 1 rings (SSSR count). The molecule has 0 aromatic heterocycles. The van der Waals surface area contributed by atoms with Crippen molar-refractivity contribution in [1.29, 1.82) is 0 Å². The molecule has 17 heavy (non-hydrogen) atoms. The molecule has 0 aliphatic heterocycles. The summed E-state index contributed by atoms with van der Waals surface area (Å²) in [5.41, 5.74) is 0.780. The molecule has 0 N–H and O–H groups in total. The highest BCUT2D eigenvalue weighted by Gasteiger charge is 2.24. The van der Waals surface area contributed by atoms with Gasteiger partial charge in [-0.1, -0.05) is 35.8 Å². The van der Waals surface area contributed by atoms with Gasteiger partial charge in [0.1, 0.15) is 0 Å². The molecule has 3 nitrogen and oxygen atoms in total. The van der Waals surface area contributed by atoms with Gasteiger partial charge in [0.15, 0.2) is 0 Å². The lowest BCUT2D eigenvalue weighted by atomic mass is 10.2. The molecule has 0 heterocycles. The molecule has 0 amide bonds. The van der Waals surface area contributed by atoms with E-state index in [4.69, 9.17) is 0 Å². The topological polar surface area (TPSA) is 37.4 Å². The Morgan fingerprint density at radius 1 is 1.29 bits per heavy atom. The van der Waals surface area contributed by atoms with Crippen molar-refractivity contribution >= 4 is 26.0 Å². The van der Waals surface area contributed by atoms with Crippen LogP contribution in [-0.4, -0.2) is 25.8 Å². The third-order valence-corrected chi connectivity index (χ3v) is 5.20. The molecule has 0 aliphatic rings. The maximum Gasteiger partial charge on any atom is 0.243 e. The van der Waals surface area contributed by atoms with Crippen LogP contribution >= 0.6 is 15.9 Å². The molecule has 0 radical (unpaired) electrons. The van der Waals surface area contributed by atoms with E-state index in [0.29, 0.717) is 18.0 Å². The fraction of sp³-hybridized carbons (Fsp3) is 0.500. The Hall–Kier alpha value is -0.390. The number of halogens is 1. The second kappa shape index (κ2) is 5.98. The minimum Gasteiger partial charge on any atom is -0.207 e. The van der Waals surface area contributed by atoms with Crippen LogP contribution in [0.25, 0.3) is 0 Å². The van der Waals surface area contributed by atoms with Crippen molar-refractivity contribution in [3.05, 3.63) is 28.2 Å². The highest BCUT2D eigenvalue weighted by molar-refractivity contribution is 9.10. The zero-order chi connectivity index (χ0) is 13.1. The quantitative estimate of drug-likeness (QED) is 0.835. The summed E-state index contributed by atoms with van der Waals surface area (Å²) in [5, 5.41) is 0. The normalized spacial score (nSPS) is 12.1. The maximum absolute atomic E-state index is 12.4. The number of nitrogens with zero attached hydrogens (tertiary/aromatic N) is 1. The Labute approximate surface area is 112 Å². The highest BCUT2D eigenvalue weighted by atomic mass is 79.9. The van der Waals surface area contributed by atoms with E-state index < -0.39 is 10.0 Å². The van der Waals surface area contributed by atoms with Gasteiger partial charge in [-0.3, -0.25) is 0 Å². The number of rotatable bonds is 5. The zero-order valence-corrected chi connectivity index (χ0v) is 12.8. The van der Waals surface area contributed by atoms with E-state index in [9.17, 15) is 8.42 Å². The van der Waals surface area contributed by atoms with E-state index in [-0.39, 0.29) is 0 Å². The van der Waals surface area contributed by atoms with Crippen molar-refractivity contribution < 1.29 is 8.42 Å². The Balaban J connectivity index is 3.24. The summed E-state index contributed by atoms with van der Waals surface area (Å²) in [5.74, 6) is 0. The molecule has 0 spiro atoms. The van der Waals surface area contributed by atoms with Crippen LogP contribution in [0.1, 0.15) is 25.8 Å². The van der Waals surface area contributed by atoms with Gasteiger partial charge in [0.25, 0.3) is 0 Å². The number of benzene rings is 1. The number of aryl methyl sites for hydroxylation is 1. The molecule has 0 unspecified atom stereocenters. The van der Waals surface area contributed by atoms with Crippen LogP contribution in [0.4, 0.5) is 0 Å². The van der Waals surface area contributed by atoms with Crippen molar-refractivity contribution in [2.45, 2.75) is 32.1 Å². The lowest BCUT2D eigenvalue weighted by Crippen LogP contribution is -2.32. The Bertz CT molecular complexity index is 485. The highest BCUT2D eigenvalue weighted by Crippen LogP contribution is 2.23. The van der Waals surface area contributed by atoms with Gasteiger partial charge in [-0.15, -0.1) is 0 Å². The molecular formula is C12H18BrNO2S. The Kier molecular flexibility index (Phi) is 5.16. The summed E-state index contributed by atoms with van der Waals surface area (Å²) in [6.07, 6.45) is 0.820. The lowest BCUT2D eigenvalue weighted by molar-refractivity contribution is 0.427. The molecule has 5 heteroatoms. The van der Waals surface area contributed by atoms with Crippen LogP contribution < -0.4 is 0 Å². The van der Waals surface area contributed by atoms with Crippen LogP contribution in [0.5, 0.6) is 0 Å². The predicted molar refractivity (Wildman–Crippen MR) is 73.6 cm³/mol. The van der Waals surface area contributed by atoms with Gasteiger partial charge in [-0.05, 0) is 31.0 Å². The molecule has 0 bridgehead atoms. The monoisotopic (exact) mass is 319 g/mol. The average Bonchev–Trinajstić information content (AvgIpc) is 2.28. The predicted octanol–water partition coefficient (Wildman–Crippen LogP) is 3.18. The second-order valence-electron chi connectivity index (χ2n) is 3.91. The number of hydrogen-bond acceptors (Lipinski definition) is 2. The van der Waals surface area contributed by atoms with Crippen molar-refractivity contribution in [3.63, 3.8) is 0 Å². The molecule has 0 atom stereocenters. The fourth-order valence-electron chi connectivity index (χ4n) is 1.69. The fourth-order valence-corrected chi connectivity index (χ4v) is 3.99. The maximum atomic E-state index is 12.4. The largest absolute Gasteiger partial charge is 0.243 e. The van der Waals surface area contributed by atoms with Crippen molar-refractivity contribution in [2.75, 3.05) is 13.1 Å². The lowest BCUT2D eigenvalue weighted by Gasteiger charge is -2.21. The summed E-state index contributed by atoms with van der Waals surface area (Å²) < 4.78 is 27.2. The Morgan fingerprint density at radius 3 is 2.47 bits per heavy atom. The summed E-state index contributed by atoms with van der Waals surface area (Å²) in [6, 6.07) is 5.34. The third kappa shape index (κ3) is 3.30. The van der Waals surface area contributed by atoms with Gasteiger partial charge in [-0.25, -0.2) is 8.42 Å². The molecule has 0 fully saturated rings. The van der Waals surface area contributed by atoms with Crippen LogP contribution in [0.15, 0.2) is 27.6 Å². The molecule has 0 saturated heterocycles. The summed E-state index contributed by atoms with van der Waals surface area (Å²) in [6.45, 7) is 6.72. The van der Waals surface area contributed by atoms with Crippen LogP contribution in [-0.2, 0) is 10.0 Å². The van der Waals surface area contributed by atoms with Gasteiger partial charge in [0.2, 0.25) is 10.0 Å². The first kappa shape index (κ1) is 14.7. The number of hydrogen-bond donors (Lipinski definition) is 0. The van der Waals surface area contributed by atoms with E-state index in [2.05, 4.69) is 15.9 Å². The molecule has 96 valence electrons. The molecule has 1 aromatic carbocycles. The molecular weight excluding hydrogens is 302 g/mol.